The molecule has 3 rings (SSSR count). The van der Waals surface area contributed by atoms with Crippen LogP contribution in [-0.4, -0.2) is 72.8 Å². The van der Waals surface area contributed by atoms with E-state index < -0.39 is 0 Å². The van der Waals surface area contributed by atoms with Gasteiger partial charge in [-0.3, -0.25) is 14.7 Å². The van der Waals surface area contributed by atoms with Crippen molar-refractivity contribution in [1.82, 2.24) is 20.2 Å². The Morgan fingerprint density at radius 2 is 2.04 bits per heavy atom. The number of hydrogen-bond donors (Lipinski definition) is 1. The summed E-state index contributed by atoms with van der Waals surface area (Å²) in [6, 6.07) is 0.391. The number of morpholine rings is 1. The molecular formula is C21H35N5O2. The van der Waals surface area contributed by atoms with Crippen molar-refractivity contribution >= 4 is 11.7 Å². The second-order valence-corrected chi connectivity index (χ2v) is 7.89. The summed E-state index contributed by atoms with van der Waals surface area (Å²) in [4.78, 5) is 26.2. The van der Waals surface area contributed by atoms with Gasteiger partial charge >= 0.3 is 0 Å². The molecule has 2 unspecified atom stereocenters. The molecule has 2 saturated heterocycles. The summed E-state index contributed by atoms with van der Waals surface area (Å²) in [6.07, 6.45) is 9.39. The Labute approximate surface area is 168 Å². The lowest BCUT2D eigenvalue weighted by Gasteiger charge is -2.39. The quantitative estimate of drug-likeness (QED) is 0.733. The first-order chi connectivity index (χ1) is 13.7. The number of anilines is 1. The van der Waals surface area contributed by atoms with Gasteiger partial charge in [-0.2, -0.15) is 0 Å². The van der Waals surface area contributed by atoms with E-state index >= 15 is 0 Å². The minimum Gasteiger partial charge on any atom is -0.379 e. The van der Waals surface area contributed by atoms with Crippen LogP contribution in [0.15, 0.2) is 18.6 Å². The van der Waals surface area contributed by atoms with E-state index in [9.17, 15) is 4.79 Å². The largest absolute Gasteiger partial charge is 0.379 e. The number of carbonyl (C=O) groups excluding carboxylic acids is 1. The van der Waals surface area contributed by atoms with Crippen LogP contribution in [0.1, 0.15) is 39.5 Å². The minimum atomic E-state index is 0.0165. The number of carbonyl (C=O) groups is 1. The summed E-state index contributed by atoms with van der Waals surface area (Å²) in [5.74, 6) is 1.66. The Hall–Kier alpha value is -1.73. The summed E-state index contributed by atoms with van der Waals surface area (Å²) in [5.41, 5.74) is 0. The zero-order valence-electron chi connectivity index (χ0n) is 17.3. The Balaban J connectivity index is 1.57. The maximum Gasteiger partial charge on any atom is 0.224 e. The highest BCUT2D eigenvalue weighted by Crippen LogP contribution is 2.22. The van der Waals surface area contributed by atoms with Gasteiger partial charge in [0.15, 0.2) is 0 Å². The van der Waals surface area contributed by atoms with Crippen LogP contribution in [0.5, 0.6) is 0 Å². The summed E-state index contributed by atoms with van der Waals surface area (Å²) in [5, 5.41) is 3.29. The van der Waals surface area contributed by atoms with E-state index in [1.807, 2.05) is 0 Å². The summed E-state index contributed by atoms with van der Waals surface area (Å²) < 4.78 is 5.53. The molecule has 0 spiro atoms. The molecule has 7 nitrogen and oxygen atoms in total. The Bertz CT molecular complexity index is 590. The second-order valence-electron chi connectivity index (χ2n) is 7.89. The molecule has 28 heavy (non-hydrogen) atoms. The van der Waals surface area contributed by atoms with Crippen molar-refractivity contribution < 1.29 is 9.53 Å². The van der Waals surface area contributed by atoms with Crippen LogP contribution in [-0.2, 0) is 9.53 Å². The van der Waals surface area contributed by atoms with E-state index in [0.717, 1.165) is 77.4 Å². The van der Waals surface area contributed by atoms with E-state index in [-0.39, 0.29) is 11.8 Å². The van der Waals surface area contributed by atoms with Gasteiger partial charge in [0, 0.05) is 51.2 Å². The number of rotatable bonds is 8. The van der Waals surface area contributed by atoms with Crippen LogP contribution in [0, 0.1) is 11.8 Å². The van der Waals surface area contributed by atoms with Crippen LogP contribution in [0.25, 0.3) is 0 Å². The molecule has 0 saturated carbocycles. The van der Waals surface area contributed by atoms with Crippen molar-refractivity contribution in [2.75, 3.05) is 50.8 Å². The number of aromatic nitrogens is 2. The van der Waals surface area contributed by atoms with Crippen LogP contribution in [0.3, 0.4) is 0 Å². The van der Waals surface area contributed by atoms with Crippen LogP contribution in [0.4, 0.5) is 5.82 Å². The van der Waals surface area contributed by atoms with Crippen molar-refractivity contribution in [3.8, 4) is 0 Å². The molecule has 2 atom stereocenters. The van der Waals surface area contributed by atoms with Crippen LogP contribution in [0.2, 0.25) is 0 Å². The van der Waals surface area contributed by atoms with Gasteiger partial charge < -0.3 is 15.0 Å². The molecule has 156 valence electrons. The second kappa shape index (κ2) is 10.7. The van der Waals surface area contributed by atoms with Crippen LogP contribution < -0.4 is 10.2 Å². The van der Waals surface area contributed by atoms with E-state index in [4.69, 9.17) is 4.74 Å². The highest BCUT2D eigenvalue weighted by molar-refractivity contribution is 5.79. The number of amides is 1. The van der Waals surface area contributed by atoms with E-state index in [2.05, 4.69) is 38.9 Å². The topological polar surface area (TPSA) is 70.6 Å². The summed E-state index contributed by atoms with van der Waals surface area (Å²) in [6.45, 7) is 10.4. The van der Waals surface area contributed by atoms with Gasteiger partial charge in [0.05, 0.1) is 25.3 Å². The Morgan fingerprint density at radius 3 is 2.71 bits per heavy atom. The van der Waals surface area contributed by atoms with Crippen molar-refractivity contribution in [1.29, 1.82) is 0 Å². The first kappa shape index (κ1) is 21.0. The lowest BCUT2D eigenvalue weighted by molar-refractivity contribution is -0.125. The molecule has 2 fully saturated rings. The molecular weight excluding hydrogens is 354 g/mol. The first-order valence-corrected chi connectivity index (χ1v) is 10.8. The highest BCUT2D eigenvalue weighted by atomic mass is 16.5. The van der Waals surface area contributed by atoms with Gasteiger partial charge in [0.1, 0.15) is 5.82 Å². The fourth-order valence-corrected chi connectivity index (χ4v) is 4.54. The predicted octanol–water partition coefficient (Wildman–Crippen LogP) is 1.95. The predicted molar refractivity (Wildman–Crippen MR) is 110 cm³/mol. The molecule has 1 amide bonds. The Morgan fingerprint density at radius 1 is 1.25 bits per heavy atom. The SMILES string of the molecule is CCC(CC)C(CNC(=O)C1CCCN(c2cnccn2)C1)N1CCOCC1. The van der Waals surface area contributed by atoms with Crippen molar-refractivity contribution in [2.24, 2.45) is 11.8 Å². The average Bonchev–Trinajstić information content (AvgIpc) is 2.77. The molecule has 2 aliphatic heterocycles. The molecule has 3 heterocycles. The van der Waals surface area contributed by atoms with Crippen LogP contribution >= 0.6 is 0 Å². The molecule has 7 heteroatoms. The summed E-state index contributed by atoms with van der Waals surface area (Å²) >= 11 is 0. The molecule has 0 aromatic carbocycles. The number of piperidine rings is 1. The number of hydrogen-bond acceptors (Lipinski definition) is 6. The van der Waals surface area contributed by atoms with Crippen molar-refractivity contribution in [2.45, 2.75) is 45.6 Å². The van der Waals surface area contributed by atoms with Crippen molar-refractivity contribution in [3.05, 3.63) is 18.6 Å². The van der Waals surface area contributed by atoms with Gasteiger partial charge in [-0.1, -0.05) is 26.7 Å². The standard InChI is InChI=1S/C21H35N5O2/c1-3-17(4-2)19(25-10-12-28-13-11-25)14-24-21(27)18-6-5-9-26(16-18)20-15-22-7-8-23-20/h7-8,15,17-19H,3-6,9-14,16H2,1-2H3,(H,24,27). The van der Waals surface area contributed by atoms with Gasteiger partial charge in [-0.25, -0.2) is 4.98 Å². The van der Waals surface area contributed by atoms with Gasteiger partial charge in [0.25, 0.3) is 0 Å². The lowest BCUT2D eigenvalue weighted by atomic mass is 9.91. The maximum atomic E-state index is 12.9. The molecule has 0 radical (unpaired) electrons. The third kappa shape index (κ3) is 5.41. The summed E-state index contributed by atoms with van der Waals surface area (Å²) in [7, 11) is 0. The third-order valence-corrected chi connectivity index (χ3v) is 6.26. The smallest absolute Gasteiger partial charge is 0.224 e. The van der Waals surface area contributed by atoms with E-state index in [0.29, 0.717) is 12.0 Å². The zero-order chi connectivity index (χ0) is 19.8. The molecule has 1 aromatic rings. The number of nitrogens with one attached hydrogen (secondary N) is 1. The number of ether oxygens (including phenoxy) is 1. The first-order valence-electron chi connectivity index (χ1n) is 10.8. The van der Waals surface area contributed by atoms with E-state index in [1.165, 1.54) is 0 Å². The van der Waals surface area contributed by atoms with Crippen molar-refractivity contribution in [3.63, 3.8) is 0 Å². The molecule has 1 aromatic heterocycles. The molecule has 0 bridgehead atoms. The van der Waals surface area contributed by atoms with Gasteiger partial charge in [0.2, 0.25) is 5.91 Å². The highest BCUT2D eigenvalue weighted by Gasteiger charge is 2.30. The van der Waals surface area contributed by atoms with Gasteiger partial charge in [-0.15, -0.1) is 0 Å². The average molecular weight is 390 g/mol. The maximum absolute atomic E-state index is 12.9. The molecule has 2 aliphatic rings. The Kier molecular flexibility index (Phi) is 8.03. The zero-order valence-corrected chi connectivity index (χ0v) is 17.3. The normalized spacial score (nSPS) is 22.2. The third-order valence-electron chi connectivity index (χ3n) is 6.26. The minimum absolute atomic E-state index is 0.0165. The number of nitrogens with zero attached hydrogens (tertiary/aromatic N) is 4. The monoisotopic (exact) mass is 389 g/mol. The van der Waals surface area contributed by atoms with E-state index in [1.54, 1.807) is 18.6 Å². The lowest BCUT2D eigenvalue weighted by Crippen LogP contribution is -2.53. The molecule has 1 N–H and O–H groups in total. The fourth-order valence-electron chi connectivity index (χ4n) is 4.54. The van der Waals surface area contributed by atoms with Gasteiger partial charge in [-0.05, 0) is 18.8 Å². The fraction of sp³-hybridized carbons (Fsp3) is 0.762. The molecule has 0 aliphatic carbocycles.